The summed E-state index contributed by atoms with van der Waals surface area (Å²) in [5, 5.41) is 5.33. The lowest BCUT2D eigenvalue weighted by Gasteiger charge is -2.13. The summed E-state index contributed by atoms with van der Waals surface area (Å²) in [4.78, 5) is 20.9. The summed E-state index contributed by atoms with van der Waals surface area (Å²) in [6, 6.07) is 0. The van der Waals surface area contributed by atoms with Crippen molar-refractivity contribution in [3.8, 4) is 0 Å². The summed E-state index contributed by atoms with van der Waals surface area (Å²) in [5.41, 5.74) is 0. The van der Waals surface area contributed by atoms with Crippen molar-refractivity contribution in [2.45, 2.75) is 6.42 Å². The lowest BCUT2D eigenvalue weighted by atomic mass is 10.1. The van der Waals surface area contributed by atoms with Gasteiger partial charge in [0.15, 0.2) is 0 Å². The molecule has 1 unspecified atom stereocenters. The molecule has 7 nitrogen and oxygen atoms in total. The first-order valence-corrected chi connectivity index (χ1v) is 7.23. The van der Waals surface area contributed by atoms with Gasteiger partial charge < -0.3 is 0 Å². The van der Waals surface area contributed by atoms with Crippen molar-refractivity contribution in [2.75, 3.05) is 17.2 Å². The predicted octanol–water partition coefficient (Wildman–Crippen LogP) is -0.229. The van der Waals surface area contributed by atoms with Crippen LogP contribution in [-0.4, -0.2) is 36.6 Å². The average Bonchev–Trinajstić information content (AvgIpc) is 2.58. The third kappa shape index (κ3) is 3.15. The molecule has 98 valence electrons. The number of hydrogen-bond acceptors (Lipinski definition) is 5. The zero-order chi connectivity index (χ0) is 13.3. The Bertz CT molecular complexity index is 560. The summed E-state index contributed by atoms with van der Waals surface area (Å²) in [5.74, 6) is -0.540. The molecule has 0 radical (unpaired) electrons. The van der Waals surface area contributed by atoms with Crippen molar-refractivity contribution in [3.05, 3.63) is 17.4 Å². The molecule has 1 amide bonds. The fourth-order valence-electron chi connectivity index (χ4n) is 1.86. The van der Waals surface area contributed by atoms with Crippen LogP contribution in [0.15, 0.2) is 12.4 Å². The number of carbonyl (C=O) groups is 1. The molecule has 0 aliphatic carbocycles. The smallest absolute Gasteiger partial charge is 0.232 e. The second-order valence-corrected chi connectivity index (χ2v) is 6.20. The van der Waals surface area contributed by atoms with Crippen LogP contribution in [0.2, 0.25) is 5.02 Å². The van der Waals surface area contributed by atoms with Gasteiger partial charge in [-0.15, -0.1) is 0 Å². The van der Waals surface area contributed by atoms with Gasteiger partial charge in [0.1, 0.15) is 0 Å². The molecular weight excluding hydrogens is 280 g/mol. The molecule has 9 heteroatoms. The van der Waals surface area contributed by atoms with Crippen LogP contribution in [0.5, 0.6) is 0 Å². The van der Waals surface area contributed by atoms with Crippen LogP contribution >= 0.6 is 11.6 Å². The molecule has 0 spiro atoms. The van der Waals surface area contributed by atoms with Crippen LogP contribution < -0.4 is 10.0 Å². The zero-order valence-electron chi connectivity index (χ0n) is 9.28. The summed E-state index contributed by atoms with van der Waals surface area (Å²) in [6.07, 6.45) is 2.89. The van der Waals surface area contributed by atoms with Gasteiger partial charge in [0.2, 0.25) is 21.9 Å². The fraction of sp³-hybridized carbons (Fsp3) is 0.444. The van der Waals surface area contributed by atoms with Crippen molar-refractivity contribution < 1.29 is 13.2 Å². The highest BCUT2D eigenvalue weighted by atomic mass is 35.5. The number of halogens is 1. The highest BCUT2D eigenvalue weighted by Gasteiger charge is 2.34. The topological polar surface area (TPSA) is 106 Å². The molecular formula is C9H11ClN4O3S. The van der Waals surface area contributed by atoms with Crippen LogP contribution in [0.3, 0.4) is 0 Å². The van der Waals surface area contributed by atoms with E-state index >= 15 is 0 Å². The maximum absolute atomic E-state index is 11.7. The zero-order valence-corrected chi connectivity index (χ0v) is 10.9. The fourth-order valence-corrected chi connectivity index (χ4v) is 2.84. The van der Waals surface area contributed by atoms with Crippen molar-refractivity contribution >= 4 is 33.5 Å². The molecule has 2 rings (SSSR count). The van der Waals surface area contributed by atoms with E-state index in [-0.39, 0.29) is 36.5 Å². The summed E-state index contributed by atoms with van der Waals surface area (Å²) in [6.45, 7) is 0.247. The molecule has 18 heavy (non-hydrogen) atoms. The molecule has 0 aromatic carbocycles. The molecule has 1 saturated heterocycles. The number of sulfonamides is 1. The SMILES string of the molecule is NS(=O)(=O)CC1CC(=O)N(c2ncc(Cl)cn2)C1. The van der Waals surface area contributed by atoms with E-state index in [4.69, 9.17) is 16.7 Å². The van der Waals surface area contributed by atoms with Crippen LogP contribution in [0.1, 0.15) is 6.42 Å². The predicted molar refractivity (Wildman–Crippen MR) is 65.5 cm³/mol. The largest absolute Gasteiger partial charge is 0.280 e. The number of primary sulfonamides is 1. The Morgan fingerprint density at radius 3 is 2.61 bits per heavy atom. The van der Waals surface area contributed by atoms with Gasteiger partial charge in [0, 0.05) is 18.9 Å². The Morgan fingerprint density at radius 2 is 2.06 bits per heavy atom. The van der Waals surface area contributed by atoms with Gasteiger partial charge in [-0.2, -0.15) is 0 Å². The third-order valence-corrected chi connectivity index (χ3v) is 3.65. The Balaban J connectivity index is 2.12. The van der Waals surface area contributed by atoms with Crippen LogP contribution in [0, 0.1) is 5.92 Å². The van der Waals surface area contributed by atoms with E-state index in [1.807, 2.05) is 0 Å². The maximum Gasteiger partial charge on any atom is 0.232 e. The number of carbonyl (C=O) groups excluding carboxylic acids is 1. The Labute approximate surface area is 109 Å². The van der Waals surface area contributed by atoms with E-state index in [0.29, 0.717) is 5.02 Å². The molecule has 1 aromatic heterocycles. The summed E-state index contributed by atoms with van der Waals surface area (Å²) in [7, 11) is -3.58. The minimum absolute atomic E-state index is 0.127. The monoisotopic (exact) mass is 290 g/mol. The summed E-state index contributed by atoms with van der Waals surface area (Å²) >= 11 is 5.65. The van der Waals surface area contributed by atoms with Gasteiger partial charge in [-0.25, -0.2) is 23.5 Å². The molecule has 2 N–H and O–H groups in total. The molecule has 2 heterocycles. The van der Waals surface area contributed by atoms with Crippen LogP contribution in [0.25, 0.3) is 0 Å². The van der Waals surface area contributed by atoms with Gasteiger partial charge in [-0.3, -0.25) is 9.69 Å². The standard InChI is InChI=1S/C9H11ClN4O3S/c10-7-2-12-9(13-3-7)14-4-6(1-8(14)15)5-18(11,16)17/h2-3,6H,1,4-5H2,(H2,11,16,17). The molecule has 1 aromatic rings. The number of anilines is 1. The van der Waals surface area contributed by atoms with Crippen LogP contribution in [-0.2, 0) is 14.8 Å². The minimum atomic E-state index is -3.58. The first kappa shape index (κ1) is 13.2. The highest BCUT2D eigenvalue weighted by Crippen LogP contribution is 2.23. The number of nitrogens with zero attached hydrogens (tertiary/aromatic N) is 3. The second-order valence-electron chi connectivity index (χ2n) is 4.11. The first-order valence-electron chi connectivity index (χ1n) is 5.13. The molecule has 1 aliphatic rings. The molecule has 1 aliphatic heterocycles. The molecule has 0 bridgehead atoms. The lowest BCUT2D eigenvalue weighted by Crippen LogP contribution is -2.28. The Kier molecular flexibility index (Phi) is 3.51. The highest BCUT2D eigenvalue weighted by molar-refractivity contribution is 7.89. The first-order chi connectivity index (χ1) is 8.35. The van der Waals surface area contributed by atoms with Gasteiger partial charge in [-0.1, -0.05) is 11.6 Å². The van der Waals surface area contributed by atoms with E-state index < -0.39 is 10.0 Å². The minimum Gasteiger partial charge on any atom is -0.280 e. The van der Waals surface area contributed by atoms with Crippen LogP contribution in [0.4, 0.5) is 5.95 Å². The third-order valence-electron chi connectivity index (χ3n) is 2.52. The second kappa shape index (κ2) is 4.79. The lowest BCUT2D eigenvalue weighted by molar-refractivity contribution is -0.117. The molecule has 1 fully saturated rings. The van der Waals surface area contributed by atoms with Gasteiger partial charge in [0.05, 0.1) is 23.2 Å². The van der Waals surface area contributed by atoms with Gasteiger partial charge >= 0.3 is 0 Å². The summed E-state index contributed by atoms with van der Waals surface area (Å²) < 4.78 is 22.0. The van der Waals surface area contributed by atoms with Gasteiger partial charge in [0.25, 0.3) is 0 Å². The number of nitrogens with two attached hydrogens (primary N) is 1. The molecule has 0 saturated carbocycles. The Morgan fingerprint density at radius 1 is 1.44 bits per heavy atom. The van der Waals surface area contributed by atoms with Crippen molar-refractivity contribution in [1.82, 2.24) is 9.97 Å². The average molecular weight is 291 g/mol. The van der Waals surface area contributed by atoms with E-state index in [0.717, 1.165) is 0 Å². The number of aromatic nitrogens is 2. The molecule has 1 atom stereocenters. The van der Waals surface area contributed by atoms with E-state index in [1.165, 1.54) is 17.3 Å². The maximum atomic E-state index is 11.7. The van der Waals surface area contributed by atoms with Crippen molar-refractivity contribution in [3.63, 3.8) is 0 Å². The van der Waals surface area contributed by atoms with E-state index in [2.05, 4.69) is 9.97 Å². The number of amides is 1. The number of hydrogen-bond donors (Lipinski definition) is 1. The number of rotatable bonds is 3. The van der Waals surface area contributed by atoms with Crippen molar-refractivity contribution in [2.24, 2.45) is 11.1 Å². The quantitative estimate of drug-likeness (QED) is 0.827. The van der Waals surface area contributed by atoms with E-state index in [9.17, 15) is 13.2 Å². The Hall–Kier alpha value is -1.25. The van der Waals surface area contributed by atoms with Crippen molar-refractivity contribution in [1.29, 1.82) is 0 Å². The van der Waals surface area contributed by atoms with Gasteiger partial charge in [-0.05, 0) is 0 Å². The normalized spacial score (nSPS) is 20.4. The van der Waals surface area contributed by atoms with E-state index in [1.54, 1.807) is 0 Å².